The van der Waals surface area contributed by atoms with Gasteiger partial charge in [0.2, 0.25) is 5.79 Å². The average Bonchev–Trinajstić information content (AvgIpc) is 2.67. The molecule has 28 heavy (non-hydrogen) atoms. The zero-order valence-corrected chi connectivity index (χ0v) is 15.3. The third-order valence-corrected chi connectivity index (χ3v) is 5.19. The van der Waals surface area contributed by atoms with Gasteiger partial charge in [-0.3, -0.25) is 0 Å². The van der Waals surface area contributed by atoms with E-state index in [1.165, 1.54) is 42.5 Å². The van der Waals surface area contributed by atoms with Crippen LogP contribution in [0.25, 0.3) is 0 Å². The largest absolute Gasteiger partial charge is 0.508 e. The molecular weight excluding hydrogens is 392 g/mol. The smallest absolute Gasteiger partial charge is 0.218 e. The van der Waals surface area contributed by atoms with Crippen LogP contribution in [0.1, 0.15) is 22.8 Å². The van der Waals surface area contributed by atoms with E-state index < -0.39 is 42.9 Å². The van der Waals surface area contributed by atoms with E-state index in [-0.39, 0.29) is 27.5 Å². The number of halogens is 1. The van der Waals surface area contributed by atoms with E-state index in [1.54, 1.807) is 0 Å². The summed E-state index contributed by atoms with van der Waals surface area (Å²) in [6.07, 6.45) is -6.85. The molecule has 1 fully saturated rings. The van der Waals surface area contributed by atoms with Crippen molar-refractivity contribution in [2.75, 3.05) is 6.61 Å². The quantitative estimate of drug-likeness (QED) is 0.339. The summed E-state index contributed by atoms with van der Waals surface area (Å²) in [5.74, 6) is -2.57. The fourth-order valence-corrected chi connectivity index (χ4v) is 3.46. The van der Waals surface area contributed by atoms with Gasteiger partial charge >= 0.3 is 0 Å². The minimum atomic E-state index is -2.52. The molecule has 152 valence electrons. The Bertz CT molecular complexity index is 823. The predicted molar refractivity (Wildman–Crippen MR) is 97.5 cm³/mol. The van der Waals surface area contributed by atoms with Crippen molar-refractivity contribution in [1.82, 2.24) is 0 Å². The van der Waals surface area contributed by atoms with Gasteiger partial charge in [0.15, 0.2) is 0 Å². The second kappa shape index (κ2) is 7.94. The zero-order valence-electron chi connectivity index (χ0n) is 14.6. The Morgan fingerprint density at radius 3 is 2.18 bits per heavy atom. The predicted octanol–water partition coefficient (Wildman–Crippen LogP) is -0.254. The number of hydrogen-bond donors (Lipinski definition) is 7. The summed E-state index contributed by atoms with van der Waals surface area (Å²) in [7, 11) is 0. The Balaban J connectivity index is 2.00. The first-order valence-corrected chi connectivity index (χ1v) is 8.89. The van der Waals surface area contributed by atoms with Crippen LogP contribution in [0, 0.1) is 0 Å². The fraction of sp³-hybridized carbons (Fsp3) is 0.368. The lowest BCUT2D eigenvalue weighted by atomic mass is 9.89. The standard InChI is InChI=1S/C19H21ClO8/c20-13-6-1-9(18-17(25)16(24)15(23)14(8-21)28-18)7-12(13)19(26,27)10-2-4-11(22)5-3-10/h1-7,14-18,21-27H,8H2. The lowest BCUT2D eigenvalue weighted by molar-refractivity contribution is -0.231. The van der Waals surface area contributed by atoms with Gasteiger partial charge in [0.1, 0.15) is 36.3 Å². The maximum absolute atomic E-state index is 10.7. The summed E-state index contributed by atoms with van der Waals surface area (Å²) in [4.78, 5) is 0. The van der Waals surface area contributed by atoms with Crippen LogP contribution in [-0.4, -0.2) is 66.8 Å². The summed E-state index contributed by atoms with van der Waals surface area (Å²) in [6, 6.07) is 9.32. The summed E-state index contributed by atoms with van der Waals surface area (Å²) in [6.45, 7) is -0.584. The van der Waals surface area contributed by atoms with Crippen LogP contribution in [0.5, 0.6) is 5.75 Å². The first kappa shape index (κ1) is 21.0. The summed E-state index contributed by atoms with van der Waals surface area (Å²) in [5.41, 5.74) is 0.176. The molecule has 5 unspecified atom stereocenters. The van der Waals surface area contributed by atoms with E-state index in [1.807, 2.05) is 0 Å². The lowest BCUT2D eigenvalue weighted by Crippen LogP contribution is -2.55. The summed E-state index contributed by atoms with van der Waals surface area (Å²) >= 11 is 6.14. The highest BCUT2D eigenvalue weighted by Gasteiger charge is 2.44. The number of phenolic OH excluding ortho intramolecular Hbond substituents is 1. The zero-order chi connectivity index (χ0) is 20.6. The molecule has 1 aliphatic heterocycles. The molecule has 9 heteroatoms. The van der Waals surface area contributed by atoms with Gasteiger partial charge < -0.3 is 40.5 Å². The molecule has 8 nitrogen and oxygen atoms in total. The number of hydrogen-bond acceptors (Lipinski definition) is 8. The molecule has 3 rings (SSSR count). The van der Waals surface area contributed by atoms with Gasteiger partial charge in [0.05, 0.1) is 6.61 Å². The van der Waals surface area contributed by atoms with Gasteiger partial charge in [-0.25, -0.2) is 0 Å². The van der Waals surface area contributed by atoms with Crippen molar-refractivity contribution in [2.45, 2.75) is 36.3 Å². The van der Waals surface area contributed by atoms with E-state index in [4.69, 9.17) is 16.3 Å². The first-order valence-electron chi connectivity index (χ1n) is 8.51. The number of aliphatic hydroxyl groups excluding tert-OH is 4. The summed E-state index contributed by atoms with van der Waals surface area (Å²) in [5, 5.41) is 70.2. The van der Waals surface area contributed by atoms with Crippen LogP contribution in [0.15, 0.2) is 42.5 Å². The number of aliphatic hydroxyl groups is 6. The highest BCUT2D eigenvalue weighted by molar-refractivity contribution is 6.31. The van der Waals surface area contributed by atoms with E-state index >= 15 is 0 Å². The Labute approximate surface area is 165 Å². The van der Waals surface area contributed by atoms with E-state index in [0.29, 0.717) is 0 Å². The van der Waals surface area contributed by atoms with Crippen molar-refractivity contribution in [2.24, 2.45) is 0 Å². The van der Waals surface area contributed by atoms with Gasteiger partial charge in [-0.2, -0.15) is 0 Å². The van der Waals surface area contributed by atoms with Gasteiger partial charge in [-0.15, -0.1) is 0 Å². The molecule has 0 radical (unpaired) electrons. The molecule has 7 N–H and O–H groups in total. The molecule has 0 saturated carbocycles. The minimum absolute atomic E-state index is 0.0198. The van der Waals surface area contributed by atoms with Crippen LogP contribution in [0.4, 0.5) is 0 Å². The highest BCUT2D eigenvalue weighted by Crippen LogP contribution is 2.38. The highest BCUT2D eigenvalue weighted by atomic mass is 35.5. The van der Waals surface area contributed by atoms with Crippen molar-refractivity contribution < 1.29 is 40.5 Å². The third-order valence-electron chi connectivity index (χ3n) is 4.86. The molecule has 0 amide bonds. The molecule has 0 bridgehead atoms. The Morgan fingerprint density at radius 2 is 1.57 bits per heavy atom. The van der Waals surface area contributed by atoms with Gasteiger partial charge in [-0.05, 0) is 42.0 Å². The molecule has 2 aromatic rings. The maximum atomic E-state index is 10.7. The van der Waals surface area contributed by atoms with Crippen LogP contribution in [-0.2, 0) is 10.5 Å². The SMILES string of the molecule is OCC1OC(c2ccc(Cl)c(C(O)(O)c3ccc(O)cc3)c2)C(O)C(O)C1O. The molecule has 0 aliphatic carbocycles. The minimum Gasteiger partial charge on any atom is -0.508 e. The Hall–Kier alpha value is -1.75. The molecule has 5 atom stereocenters. The number of aromatic hydroxyl groups is 1. The number of benzene rings is 2. The molecular formula is C19H21ClO8. The second-order valence-corrected chi connectivity index (χ2v) is 7.12. The maximum Gasteiger partial charge on any atom is 0.218 e. The third kappa shape index (κ3) is 3.73. The molecule has 0 aromatic heterocycles. The lowest BCUT2D eigenvalue weighted by Gasteiger charge is -2.40. The number of ether oxygens (including phenoxy) is 1. The van der Waals surface area contributed by atoms with E-state index in [0.717, 1.165) is 0 Å². The van der Waals surface area contributed by atoms with Crippen LogP contribution in [0.3, 0.4) is 0 Å². The van der Waals surface area contributed by atoms with Gasteiger partial charge in [-0.1, -0.05) is 17.7 Å². The summed E-state index contributed by atoms with van der Waals surface area (Å²) < 4.78 is 5.50. The topological polar surface area (TPSA) is 151 Å². The molecule has 1 aliphatic rings. The van der Waals surface area contributed by atoms with Crippen molar-refractivity contribution in [3.8, 4) is 5.75 Å². The van der Waals surface area contributed by atoms with Gasteiger partial charge in [0, 0.05) is 16.1 Å². The first-order chi connectivity index (χ1) is 13.2. The Kier molecular flexibility index (Phi) is 5.95. The average molecular weight is 413 g/mol. The van der Waals surface area contributed by atoms with Crippen molar-refractivity contribution in [3.63, 3.8) is 0 Å². The molecule has 2 aromatic carbocycles. The number of phenols is 1. The monoisotopic (exact) mass is 412 g/mol. The molecule has 1 saturated heterocycles. The normalized spacial score (nSPS) is 28.3. The van der Waals surface area contributed by atoms with Crippen molar-refractivity contribution in [1.29, 1.82) is 0 Å². The van der Waals surface area contributed by atoms with Gasteiger partial charge in [0.25, 0.3) is 0 Å². The fourth-order valence-electron chi connectivity index (χ4n) is 3.21. The molecule has 1 heterocycles. The molecule has 0 spiro atoms. The van der Waals surface area contributed by atoms with E-state index in [9.17, 15) is 35.7 Å². The second-order valence-electron chi connectivity index (χ2n) is 6.71. The van der Waals surface area contributed by atoms with Crippen LogP contribution in [0.2, 0.25) is 5.02 Å². The van der Waals surface area contributed by atoms with Crippen LogP contribution < -0.4 is 0 Å². The van der Waals surface area contributed by atoms with Crippen molar-refractivity contribution >= 4 is 11.6 Å². The van der Waals surface area contributed by atoms with Crippen molar-refractivity contribution in [3.05, 3.63) is 64.2 Å². The van der Waals surface area contributed by atoms with Crippen LogP contribution >= 0.6 is 11.6 Å². The van der Waals surface area contributed by atoms with E-state index in [2.05, 4.69) is 0 Å². The number of rotatable bonds is 4. The Morgan fingerprint density at radius 1 is 0.929 bits per heavy atom.